The summed E-state index contributed by atoms with van der Waals surface area (Å²) in [5, 5.41) is 12.7. The molecule has 352 valence electrons. The number of anilines is 1. The molecule has 1 aliphatic carbocycles. The van der Waals surface area contributed by atoms with Crippen LogP contribution in [-0.2, 0) is 47.0 Å². The van der Waals surface area contributed by atoms with Crippen molar-refractivity contribution in [2.24, 2.45) is 0 Å². The van der Waals surface area contributed by atoms with Crippen molar-refractivity contribution >= 4 is 57.8 Å². The van der Waals surface area contributed by atoms with Crippen LogP contribution in [0.3, 0.4) is 0 Å². The van der Waals surface area contributed by atoms with Crippen LogP contribution in [0.4, 0.5) is 5.69 Å². The third kappa shape index (κ3) is 9.36. The zero-order valence-corrected chi connectivity index (χ0v) is 39.4. The molecule has 1 unspecified atom stereocenters. The largest absolute Gasteiger partial charge is 0.378 e. The Morgan fingerprint density at radius 1 is 0.881 bits per heavy atom. The summed E-state index contributed by atoms with van der Waals surface area (Å²) in [6.07, 6.45) is 3.45. The fraction of sp³-hybridized carbons (Fsp3) is 0.490. The lowest BCUT2D eigenvalue weighted by atomic mass is 9.70. The van der Waals surface area contributed by atoms with Gasteiger partial charge < -0.3 is 33.9 Å². The molecule has 3 fully saturated rings. The first-order chi connectivity index (χ1) is 32.5. The first-order valence-corrected chi connectivity index (χ1v) is 24.6. The molecule has 1 aromatic heterocycles. The third-order valence-electron chi connectivity index (χ3n) is 14.3. The molecular weight excluding hydrogens is 871 g/mol. The summed E-state index contributed by atoms with van der Waals surface area (Å²) < 4.78 is 17.1. The molecule has 5 heterocycles. The maximum Gasteiger partial charge on any atom is 0.255 e. The van der Waals surface area contributed by atoms with E-state index in [2.05, 4.69) is 59.1 Å². The smallest absolute Gasteiger partial charge is 0.255 e. The lowest BCUT2D eigenvalue weighted by molar-refractivity contribution is -0.139. The number of hydrogen-bond donors (Lipinski definition) is 2. The van der Waals surface area contributed by atoms with Crippen LogP contribution in [0.5, 0.6) is 0 Å². The standard InChI is InChI=1S/C51H59N7O8S/c1-4-33-27-37-39(51(2,3)48-46(47(37)61)36-9-8-32(29-52)26-40(36)53-48)28-42(33)56-14-12-34(13-15-56)55-16-18-57(19-17-55)45(60)31-66-23-22-64-20-21-65-24-25-67-43-7-5-6-35-38(43)30-58(50(35)63)41-10-11-44(59)54-49(41)62/h5-9,26-28,34,41,53H,4,10-25,30-31H2,1-3H3,(H,54,59,62). The normalized spacial score (nSPS) is 19.7. The van der Waals surface area contributed by atoms with Crippen LogP contribution in [0, 0.1) is 11.3 Å². The van der Waals surface area contributed by atoms with Crippen molar-refractivity contribution in [2.75, 3.05) is 89.6 Å². The number of ketones is 1. The number of nitrogens with one attached hydrogen (secondary N) is 2. The number of H-pyrrole nitrogens is 1. The number of amides is 4. The summed E-state index contributed by atoms with van der Waals surface area (Å²) in [4.78, 5) is 77.3. The number of piperazine rings is 1. The molecule has 0 radical (unpaired) electrons. The maximum atomic E-state index is 14.1. The molecule has 9 rings (SSSR count). The highest BCUT2D eigenvalue weighted by atomic mass is 32.2. The number of fused-ring (bicyclic) bond motifs is 5. The van der Waals surface area contributed by atoms with Gasteiger partial charge in [-0.15, -0.1) is 11.8 Å². The van der Waals surface area contributed by atoms with Crippen molar-refractivity contribution in [2.45, 2.75) is 81.8 Å². The van der Waals surface area contributed by atoms with Gasteiger partial charge in [0.25, 0.3) is 5.91 Å². The fourth-order valence-electron chi connectivity index (χ4n) is 10.6. The van der Waals surface area contributed by atoms with Crippen molar-refractivity contribution in [3.05, 3.63) is 93.2 Å². The van der Waals surface area contributed by atoms with Gasteiger partial charge in [-0.1, -0.05) is 32.9 Å². The Kier molecular flexibility index (Phi) is 13.9. The molecule has 4 aliphatic heterocycles. The van der Waals surface area contributed by atoms with E-state index in [-0.39, 0.29) is 36.5 Å². The minimum atomic E-state index is -0.637. The zero-order valence-electron chi connectivity index (χ0n) is 38.6. The Labute approximate surface area is 395 Å². The van der Waals surface area contributed by atoms with Crippen LogP contribution in [0.25, 0.3) is 10.9 Å². The number of nitriles is 1. The summed E-state index contributed by atoms with van der Waals surface area (Å²) in [6, 6.07) is 17.5. The fourth-order valence-corrected chi connectivity index (χ4v) is 11.5. The molecule has 0 spiro atoms. The van der Waals surface area contributed by atoms with Gasteiger partial charge in [-0.05, 0) is 78.8 Å². The monoisotopic (exact) mass is 929 g/mol. The summed E-state index contributed by atoms with van der Waals surface area (Å²) >= 11 is 1.60. The van der Waals surface area contributed by atoms with Crippen LogP contribution in [-0.4, -0.2) is 146 Å². The average Bonchev–Trinajstić information content (AvgIpc) is 3.90. The number of aromatic amines is 1. The second-order valence-electron chi connectivity index (χ2n) is 18.5. The van der Waals surface area contributed by atoms with Crippen LogP contribution in [0.1, 0.15) is 101 Å². The zero-order chi connectivity index (χ0) is 46.8. The Hall–Kier alpha value is -5.57. The number of rotatable bonds is 16. The summed E-state index contributed by atoms with van der Waals surface area (Å²) in [6.45, 7) is 13.8. The maximum absolute atomic E-state index is 14.1. The van der Waals surface area contributed by atoms with Crippen LogP contribution >= 0.6 is 11.8 Å². The van der Waals surface area contributed by atoms with Gasteiger partial charge in [0.15, 0.2) is 5.78 Å². The summed E-state index contributed by atoms with van der Waals surface area (Å²) in [5.74, 6) is -0.172. The Morgan fingerprint density at radius 2 is 1.63 bits per heavy atom. The van der Waals surface area contributed by atoms with Gasteiger partial charge in [-0.3, -0.25) is 34.2 Å². The third-order valence-corrected chi connectivity index (χ3v) is 15.3. The first kappa shape index (κ1) is 46.5. The first-order valence-electron chi connectivity index (χ1n) is 23.6. The number of carbonyl (C=O) groups is 5. The minimum absolute atomic E-state index is 0.000181. The van der Waals surface area contributed by atoms with Gasteiger partial charge in [-0.2, -0.15) is 5.26 Å². The second kappa shape index (κ2) is 20.0. The van der Waals surface area contributed by atoms with Crippen molar-refractivity contribution in [3.8, 4) is 6.07 Å². The van der Waals surface area contributed by atoms with Gasteiger partial charge in [-0.25, -0.2) is 0 Å². The van der Waals surface area contributed by atoms with E-state index in [1.807, 2.05) is 29.2 Å². The van der Waals surface area contributed by atoms with E-state index in [0.717, 1.165) is 83.6 Å². The van der Waals surface area contributed by atoms with Crippen LogP contribution in [0.2, 0.25) is 0 Å². The number of aryl methyl sites for hydroxylation is 1. The number of hydrogen-bond acceptors (Lipinski definition) is 12. The number of imide groups is 1. The molecule has 5 aliphatic rings. The molecule has 3 aromatic carbocycles. The Morgan fingerprint density at radius 3 is 2.36 bits per heavy atom. The van der Waals surface area contributed by atoms with E-state index in [0.29, 0.717) is 87.6 Å². The van der Waals surface area contributed by atoms with Gasteiger partial charge in [0.05, 0.1) is 50.2 Å². The van der Waals surface area contributed by atoms with E-state index in [9.17, 15) is 29.2 Å². The lowest BCUT2D eigenvalue weighted by Gasteiger charge is -2.44. The quantitative estimate of drug-likeness (QED) is 0.0856. The summed E-state index contributed by atoms with van der Waals surface area (Å²) in [5.41, 5.74) is 8.29. The molecule has 2 N–H and O–H groups in total. The molecule has 1 atom stereocenters. The predicted octanol–water partition coefficient (Wildman–Crippen LogP) is 5.19. The second-order valence-corrected chi connectivity index (χ2v) is 19.7. The molecule has 67 heavy (non-hydrogen) atoms. The number of carbonyl (C=O) groups excluding carboxylic acids is 5. The molecule has 4 aromatic rings. The highest BCUT2D eigenvalue weighted by Gasteiger charge is 2.42. The van der Waals surface area contributed by atoms with E-state index in [1.54, 1.807) is 28.8 Å². The SMILES string of the molecule is CCc1cc2c(cc1N1CCC(N3CCN(C(=O)COCCOCCOCCSc4cccc5c4CN(C4CCC(=O)NC4=O)C5=O)CC3)CC1)C(C)(C)c1[nH]c3cc(C#N)ccc3c1C2=O. The topological polar surface area (TPSA) is 178 Å². The highest BCUT2D eigenvalue weighted by molar-refractivity contribution is 7.99. The number of piperidine rings is 2. The van der Waals surface area contributed by atoms with Gasteiger partial charge in [0.1, 0.15) is 12.6 Å². The van der Waals surface area contributed by atoms with Crippen molar-refractivity contribution in [3.63, 3.8) is 0 Å². The van der Waals surface area contributed by atoms with Crippen molar-refractivity contribution < 1.29 is 38.2 Å². The minimum Gasteiger partial charge on any atom is -0.378 e. The number of thioether (sulfide) groups is 1. The molecule has 4 amide bonds. The number of nitrogens with zero attached hydrogens (tertiary/aromatic N) is 5. The lowest BCUT2D eigenvalue weighted by Crippen LogP contribution is -2.55. The van der Waals surface area contributed by atoms with Gasteiger partial charge in [0.2, 0.25) is 17.7 Å². The number of aromatic nitrogens is 1. The van der Waals surface area contributed by atoms with E-state index >= 15 is 0 Å². The highest BCUT2D eigenvalue weighted by Crippen LogP contribution is 2.46. The van der Waals surface area contributed by atoms with E-state index in [4.69, 9.17) is 14.2 Å². The predicted molar refractivity (Wildman–Crippen MR) is 253 cm³/mol. The van der Waals surface area contributed by atoms with Crippen LogP contribution < -0.4 is 10.2 Å². The van der Waals surface area contributed by atoms with Gasteiger partial charge >= 0.3 is 0 Å². The van der Waals surface area contributed by atoms with Crippen LogP contribution in [0.15, 0.2) is 53.4 Å². The molecular formula is C51H59N7O8S. The number of ether oxygens (including phenoxy) is 3. The van der Waals surface area contributed by atoms with E-state index in [1.165, 1.54) is 11.3 Å². The average molecular weight is 930 g/mol. The van der Waals surface area contributed by atoms with Crippen molar-refractivity contribution in [1.82, 2.24) is 25.0 Å². The molecule has 0 bridgehead atoms. The Balaban J connectivity index is 0.653. The van der Waals surface area contributed by atoms with Gasteiger partial charge in [0, 0.05) is 108 Å². The molecule has 16 heteroatoms. The Bertz CT molecular complexity index is 2620. The van der Waals surface area contributed by atoms with Crippen molar-refractivity contribution in [1.29, 1.82) is 5.26 Å². The molecule has 15 nitrogen and oxygen atoms in total. The summed E-state index contributed by atoms with van der Waals surface area (Å²) in [7, 11) is 0. The van der Waals surface area contributed by atoms with E-state index < -0.39 is 17.4 Å². The number of benzene rings is 3. The molecule has 0 saturated carbocycles. The molecule has 3 saturated heterocycles.